The van der Waals surface area contributed by atoms with Crippen LogP contribution < -0.4 is 0 Å². The van der Waals surface area contributed by atoms with Gasteiger partial charge in [0.15, 0.2) is 5.79 Å². The van der Waals surface area contributed by atoms with Crippen LogP contribution in [0.15, 0.2) is 218 Å². The number of benzene rings is 12. The van der Waals surface area contributed by atoms with Crippen molar-refractivity contribution in [2.75, 3.05) is 0 Å². The molecule has 0 spiro atoms. The third kappa shape index (κ3) is 6.10. The normalized spacial score (nSPS) is 16.5. The average molecular weight is 895 g/mol. The standard InChI is InChI=1S/C65H50O4/c1-3-63(4-2)68-61(64(66,57-37-41-21-5-9-25-45(41)49-29-13-17-33-53(49)57)58-38-42-22-6-10-26-46(42)50-30-14-18-34-54(50)58)62(69-63)65(67,59-39-43-23-7-11-27-47(43)51-31-15-19-35-55(51)59)60-40-44-24-8-12-28-48(44)52-32-16-20-36-56(52)60/h5-40,61-62,66-67H,3-4H2,1-2H3. The molecule has 1 fully saturated rings. The van der Waals surface area contributed by atoms with Crippen LogP contribution in [0.25, 0.3) is 86.2 Å². The Kier molecular flexibility index (Phi) is 9.56. The topological polar surface area (TPSA) is 58.9 Å². The average Bonchev–Trinajstić information content (AvgIpc) is 3.83. The van der Waals surface area contributed by atoms with Crippen LogP contribution in [-0.4, -0.2) is 28.2 Å². The van der Waals surface area contributed by atoms with Gasteiger partial charge in [0.1, 0.15) is 23.4 Å². The van der Waals surface area contributed by atoms with E-state index in [1.54, 1.807) is 0 Å². The molecule has 0 bridgehead atoms. The molecule has 0 amide bonds. The number of hydrogen-bond donors (Lipinski definition) is 2. The lowest BCUT2D eigenvalue weighted by Crippen LogP contribution is -2.55. The van der Waals surface area contributed by atoms with Gasteiger partial charge in [-0.2, -0.15) is 0 Å². The number of hydrogen-bond acceptors (Lipinski definition) is 4. The first kappa shape index (κ1) is 41.7. The minimum Gasteiger partial charge on any atom is -0.377 e. The minimum absolute atomic E-state index is 0.469. The monoisotopic (exact) mass is 894 g/mol. The summed E-state index contributed by atoms with van der Waals surface area (Å²) in [5.41, 5.74) is -1.23. The Morgan fingerprint density at radius 1 is 0.319 bits per heavy atom. The molecule has 1 aliphatic heterocycles. The first-order valence-corrected chi connectivity index (χ1v) is 24.3. The highest BCUT2D eigenvalue weighted by molar-refractivity contribution is 6.14. The van der Waals surface area contributed by atoms with Crippen LogP contribution in [0, 0.1) is 0 Å². The van der Waals surface area contributed by atoms with Gasteiger partial charge in [-0.1, -0.05) is 208 Å². The van der Waals surface area contributed by atoms with E-state index in [1.165, 1.54) is 0 Å². The van der Waals surface area contributed by atoms with Gasteiger partial charge in [0.25, 0.3) is 0 Å². The Labute approximate surface area is 400 Å². The molecule has 13 rings (SSSR count). The fraction of sp³-hybridized carbons (Fsp3) is 0.138. The Balaban J connectivity index is 1.22. The summed E-state index contributed by atoms with van der Waals surface area (Å²) in [4.78, 5) is 0. The van der Waals surface area contributed by atoms with E-state index in [1.807, 2.05) is 24.3 Å². The maximum Gasteiger partial charge on any atom is 0.169 e. The van der Waals surface area contributed by atoms with Crippen LogP contribution in [0.1, 0.15) is 48.9 Å². The summed E-state index contributed by atoms with van der Waals surface area (Å²) in [7, 11) is 0. The Morgan fingerprint density at radius 3 is 0.754 bits per heavy atom. The van der Waals surface area contributed by atoms with Crippen molar-refractivity contribution in [3.8, 4) is 0 Å². The zero-order chi connectivity index (χ0) is 46.5. The van der Waals surface area contributed by atoms with Crippen molar-refractivity contribution < 1.29 is 19.7 Å². The van der Waals surface area contributed by atoms with E-state index in [0.29, 0.717) is 35.1 Å². The van der Waals surface area contributed by atoms with Gasteiger partial charge in [-0.25, -0.2) is 0 Å². The molecule has 69 heavy (non-hydrogen) atoms. The van der Waals surface area contributed by atoms with Gasteiger partial charge in [-0.3, -0.25) is 0 Å². The first-order valence-electron chi connectivity index (χ1n) is 24.3. The first-order chi connectivity index (χ1) is 33.8. The van der Waals surface area contributed by atoms with Gasteiger partial charge in [0, 0.05) is 0 Å². The summed E-state index contributed by atoms with van der Waals surface area (Å²) >= 11 is 0. The van der Waals surface area contributed by atoms with Crippen molar-refractivity contribution in [2.45, 2.75) is 55.9 Å². The molecule has 1 heterocycles. The molecule has 334 valence electrons. The van der Waals surface area contributed by atoms with E-state index in [-0.39, 0.29) is 0 Å². The van der Waals surface area contributed by atoms with Crippen molar-refractivity contribution in [3.05, 3.63) is 241 Å². The highest BCUT2D eigenvalue weighted by Crippen LogP contribution is 2.57. The molecule has 0 aromatic heterocycles. The molecule has 0 aliphatic carbocycles. The van der Waals surface area contributed by atoms with Gasteiger partial charge >= 0.3 is 0 Å². The molecular formula is C65H50O4. The second kappa shape index (κ2) is 15.8. The van der Waals surface area contributed by atoms with E-state index in [0.717, 1.165) is 86.2 Å². The molecule has 2 atom stereocenters. The van der Waals surface area contributed by atoms with Crippen LogP contribution >= 0.6 is 0 Å². The lowest BCUT2D eigenvalue weighted by molar-refractivity contribution is -0.200. The van der Waals surface area contributed by atoms with Gasteiger partial charge in [-0.15, -0.1) is 0 Å². The Hall–Kier alpha value is -7.44. The summed E-state index contributed by atoms with van der Waals surface area (Å²) in [5.74, 6) is -1.20. The van der Waals surface area contributed by atoms with Crippen molar-refractivity contribution in [1.29, 1.82) is 0 Å². The molecule has 0 saturated carbocycles. The van der Waals surface area contributed by atoms with Gasteiger partial charge < -0.3 is 19.7 Å². The molecule has 1 saturated heterocycles. The number of ether oxygens (including phenoxy) is 2. The SMILES string of the molecule is CCC1(CC)OC(C(O)(c2cc3ccccc3c3ccccc23)c2cc3ccccc3c3ccccc23)C(C(O)(c2cc3ccccc3c3ccccc23)c2cc3ccccc3c3ccccc23)O1. The number of fused-ring (bicyclic) bond motifs is 12. The summed E-state index contributed by atoms with van der Waals surface area (Å²) in [5, 5.41) is 46.4. The number of rotatable bonds is 8. The summed E-state index contributed by atoms with van der Waals surface area (Å²) in [6, 6.07) is 75.6. The molecule has 2 N–H and O–H groups in total. The van der Waals surface area contributed by atoms with Gasteiger partial charge in [0.2, 0.25) is 0 Å². The molecule has 12 aromatic carbocycles. The Morgan fingerprint density at radius 2 is 0.522 bits per heavy atom. The van der Waals surface area contributed by atoms with E-state index in [2.05, 4.69) is 208 Å². The second-order valence-corrected chi connectivity index (χ2v) is 19.0. The third-order valence-electron chi connectivity index (χ3n) is 15.6. The molecule has 0 radical (unpaired) electrons. The van der Waals surface area contributed by atoms with E-state index < -0.39 is 29.2 Å². The predicted octanol–water partition coefficient (Wildman–Crippen LogP) is 15.4. The summed E-state index contributed by atoms with van der Waals surface area (Å²) in [6.07, 6.45) is -1.47. The van der Waals surface area contributed by atoms with Crippen molar-refractivity contribution in [3.63, 3.8) is 0 Å². The molecule has 4 heteroatoms. The fourth-order valence-corrected chi connectivity index (χ4v) is 12.2. The lowest BCUT2D eigenvalue weighted by Gasteiger charge is -2.44. The largest absolute Gasteiger partial charge is 0.377 e. The lowest BCUT2D eigenvalue weighted by atomic mass is 9.68. The highest BCUT2D eigenvalue weighted by Gasteiger charge is 2.63. The number of aliphatic hydroxyl groups is 2. The zero-order valence-corrected chi connectivity index (χ0v) is 38.6. The van der Waals surface area contributed by atoms with Crippen molar-refractivity contribution >= 4 is 86.2 Å². The smallest absolute Gasteiger partial charge is 0.169 e. The maximum atomic E-state index is 15.3. The van der Waals surface area contributed by atoms with Crippen molar-refractivity contribution in [2.24, 2.45) is 0 Å². The molecule has 12 aromatic rings. The second-order valence-electron chi connectivity index (χ2n) is 19.0. The zero-order valence-electron chi connectivity index (χ0n) is 38.6. The van der Waals surface area contributed by atoms with Crippen LogP contribution in [0.3, 0.4) is 0 Å². The molecule has 4 nitrogen and oxygen atoms in total. The summed E-state index contributed by atoms with van der Waals surface area (Å²) < 4.78 is 15.4. The van der Waals surface area contributed by atoms with E-state index in [4.69, 9.17) is 9.47 Å². The van der Waals surface area contributed by atoms with Crippen LogP contribution in [0.4, 0.5) is 0 Å². The van der Waals surface area contributed by atoms with Crippen LogP contribution in [0.5, 0.6) is 0 Å². The summed E-state index contributed by atoms with van der Waals surface area (Å²) in [6.45, 7) is 4.16. The van der Waals surface area contributed by atoms with E-state index >= 15 is 10.2 Å². The van der Waals surface area contributed by atoms with Gasteiger partial charge in [0.05, 0.1) is 0 Å². The van der Waals surface area contributed by atoms with Gasteiger partial charge in [-0.05, 0) is 146 Å². The van der Waals surface area contributed by atoms with Crippen LogP contribution in [-0.2, 0) is 20.7 Å². The highest BCUT2D eigenvalue weighted by atomic mass is 16.8. The Bertz CT molecular complexity index is 3520. The van der Waals surface area contributed by atoms with Crippen LogP contribution in [0.2, 0.25) is 0 Å². The van der Waals surface area contributed by atoms with E-state index in [9.17, 15) is 0 Å². The molecule has 2 unspecified atom stereocenters. The minimum atomic E-state index is -1.96. The van der Waals surface area contributed by atoms with Crippen molar-refractivity contribution in [1.82, 2.24) is 0 Å². The predicted molar refractivity (Wildman–Crippen MR) is 285 cm³/mol. The molecular weight excluding hydrogens is 845 g/mol. The fourth-order valence-electron chi connectivity index (χ4n) is 12.2. The maximum absolute atomic E-state index is 15.3. The molecule has 1 aliphatic rings. The quantitative estimate of drug-likeness (QED) is 0.149. The third-order valence-corrected chi connectivity index (χ3v) is 15.6.